The van der Waals surface area contributed by atoms with Gasteiger partial charge in [-0.3, -0.25) is 14.5 Å². The van der Waals surface area contributed by atoms with Gasteiger partial charge in [0.1, 0.15) is 12.9 Å². The zero-order valence-corrected chi connectivity index (χ0v) is 29.7. The lowest BCUT2D eigenvalue weighted by Crippen LogP contribution is -2.47. The largest absolute Gasteiger partial charge is 0.463 e. The van der Waals surface area contributed by atoms with E-state index in [0.717, 1.165) is 6.33 Å². The number of amides is 1. The van der Waals surface area contributed by atoms with Crippen LogP contribution in [0.3, 0.4) is 0 Å². The molecule has 0 unspecified atom stereocenters. The number of aromatic nitrogens is 5. The van der Waals surface area contributed by atoms with Gasteiger partial charge < -0.3 is 10.5 Å². The molecule has 0 radical (unpaired) electrons. The van der Waals surface area contributed by atoms with Gasteiger partial charge >= 0.3 is 19.1 Å². The molecule has 3 heterocycles. The fourth-order valence-corrected chi connectivity index (χ4v) is 6.20. The van der Waals surface area contributed by atoms with Crippen LogP contribution in [0.2, 0.25) is 5.02 Å². The normalized spacial score (nSPS) is 17.4. The van der Waals surface area contributed by atoms with Gasteiger partial charge in [0, 0.05) is 17.3 Å². The summed E-state index contributed by atoms with van der Waals surface area (Å²) < 4.78 is 59.7. The number of ether oxygens (including phenoxy) is 1. The van der Waals surface area contributed by atoms with E-state index in [2.05, 4.69) is 15.2 Å². The molecule has 0 saturated heterocycles. The van der Waals surface area contributed by atoms with Crippen molar-refractivity contribution in [2.75, 3.05) is 6.61 Å². The van der Waals surface area contributed by atoms with Crippen LogP contribution in [0.1, 0.15) is 84.7 Å². The number of aliphatic imine (C=N–C) groups is 1. The van der Waals surface area contributed by atoms with Gasteiger partial charge in [-0.1, -0.05) is 83.5 Å². The minimum absolute atomic E-state index is 0.0822. The molecular weight excluding hydrogens is 692 g/mol. The van der Waals surface area contributed by atoms with Gasteiger partial charge in [0.05, 0.1) is 23.7 Å². The van der Waals surface area contributed by atoms with Crippen molar-refractivity contribution < 1.29 is 31.9 Å². The molecule has 2 aromatic carbocycles. The third kappa shape index (κ3) is 8.24. The minimum Gasteiger partial charge on any atom is -0.463 e. The van der Waals surface area contributed by atoms with Crippen LogP contribution in [0.25, 0.3) is 22.5 Å². The first-order valence-corrected chi connectivity index (χ1v) is 16.4. The number of halogens is 5. The highest BCUT2D eigenvalue weighted by Crippen LogP contribution is 2.45. The van der Waals surface area contributed by atoms with E-state index in [-0.39, 0.29) is 47.2 Å². The number of carbonyl (C=O) groups is 2. The van der Waals surface area contributed by atoms with Crippen molar-refractivity contribution in [1.82, 2.24) is 29.4 Å². The molecule has 272 valence electrons. The van der Waals surface area contributed by atoms with E-state index in [0.29, 0.717) is 31.6 Å². The highest BCUT2D eigenvalue weighted by atomic mass is 35.5. The number of benzene rings is 2. The number of rotatable bonds is 11. The second-order valence-electron chi connectivity index (χ2n) is 14.8. The standard InChI is InChI=1S/C35H39ClF4N8O3/c1-33(2,3)14-27(49)51-17-26(21-9-12-25(36)24(13-21)28-42-19-47(45-28)31(39)40)48-29(50)35(44-32(48)41,18-34(4,5)6)23-10-7-20(8-11-23)22-15-43-46(16-22)30(37)38/h7-13,15-16,19,26,30-31H,14,17-18H2,1-6H3,(H2,41,44)/t26-,35-/m1/s1. The van der Waals surface area contributed by atoms with E-state index in [1.54, 1.807) is 30.3 Å². The molecule has 0 bridgehead atoms. The highest BCUT2D eigenvalue weighted by molar-refractivity contribution is 6.33. The summed E-state index contributed by atoms with van der Waals surface area (Å²) in [7, 11) is 0. The molecule has 1 aliphatic heterocycles. The van der Waals surface area contributed by atoms with Gasteiger partial charge in [0.25, 0.3) is 5.91 Å². The van der Waals surface area contributed by atoms with Gasteiger partial charge in [-0.2, -0.15) is 27.3 Å². The van der Waals surface area contributed by atoms with Gasteiger partial charge in [-0.25, -0.2) is 14.7 Å². The number of nitrogens with zero attached hydrogens (tertiary/aromatic N) is 7. The third-order valence-corrected chi connectivity index (χ3v) is 8.45. The third-order valence-electron chi connectivity index (χ3n) is 8.12. The molecule has 51 heavy (non-hydrogen) atoms. The molecule has 4 aromatic rings. The van der Waals surface area contributed by atoms with Gasteiger partial charge in [-0.15, -0.1) is 5.10 Å². The Morgan fingerprint density at radius 3 is 2.20 bits per heavy atom. The summed E-state index contributed by atoms with van der Waals surface area (Å²) in [4.78, 5) is 37.9. The predicted octanol–water partition coefficient (Wildman–Crippen LogP) is 7.76. The Balaban J connectivity index is 1.57. The number of carbonyl (C=O) groups excluding carboxylic acids is 2. The molecule has 16 heteroatoms. The number of guanidine groups is 1. The van der Waals surface area contributed by atoms with Crippen molar-refractivity contribution in [1.29, 1.82) is 0 Å². The predicted molar refractivity (Wildman–Crippen MR) is 183 cm³/mol. The molecule has 2 N–H and O–H groups in total. The summed E-state index contributed by atoms with van der Waals surface area (Å²) in [6, 6.07) is 10.4. The first kappa shape index (κ1) is 37.5. The minimum atomic E-state index is -2.93. The summed E-state index contributed by atoms with van der Waals surface area (Å²) in [6.07, 6.45) is 3.73. The first-order valence-electron chi connectivity index (χ1n) is 16.0. The zero-order chi connectivity index (χ0) is 37.5. The summed E-state index contributed by atoms with van der Waals surface area (Å²) in [6.45, 7) is 5.45. The number of hydrogen-bond donors (Lipinski definition) is 1. The quantitative estimate of drug-likeness (QED) is 0.123. The average Bonchev–Trinajstić information content (AvgIpc) is 3.77. The Kier molecular flexibility index (Phi) is 10.3. The summed E-state index contributed by atoms with van der Waals surface area (Å²) in [5.74, 6) is -1.23. The van der Waals surface area contributed by atoms with E-state index in [9.17, 15) is 27.2 Å². The summed E-state index contributed by atoms with van der Waals surface area (Å²) in [5, 5.41) is 7.70. The maximum atomic E-state index is 14.9. The molecule has 1 aliphatic rings. The zero-order valence-electron chi connectivity index (χ0n) is 28.9. The van der Waals surface area contributed by atoms with E-state index in [1.807, 2.05) is 41.5 Å². The molecule has 11 nitrogen and oxygen atoms in total. The fourth-order valence-electron chi connectivity index (χ4n) is 6.00. The molecular formula is C35H39ClF4N8O3. The monoisotopic (exact) mass is 730 g/mol. The van der Waals surface area contributed by atoms with Crippen LogP contribution < -0.4 is 5.73 Å². The summed E-state index contributed by atoms with van der Waals surface area (Å²) >= 11 is 6.48. The Labute approximate surface area is 297 Å². The van der Waals surface area contributed by atoms with E-state index < -0.39 is 42.0 Å². The first-order chi connectivity index (χ1) is 23.8. The molecule has 5 rings (SSSR count). The molecule has 0 spiro atoms. The number of esters is 1. The van der Waals surface area contributed by atoms with E-state index in [1.165, 1.54) is 29.4 Å². The van der Waals surface area contributed by atoms with Crippen LogP contribution in [-0.2, 0) is 19.9 Å². The molecule has 0 fully saturated rings. The van der Waals surface area contributed by atoms with Crippen LogP contribution in [0, 0.1) is 10.8 Å². The second-order valence-corrected chi connectivity index (χ2v) is 15.2. The Hall–Kier alpha value is -4.79. The number of nitrogens with two attached hydrogens (primary N) is 1. The molecule has 0 saturated carbocycles. The van der Waals surface area contributed by atoms with E-state index in [4.69, 9.17) is 27.1 Å². The number of alkyl halides is 4. The van der Waals surface area contributed by atoms with Crippen molar-refractivity contribution in [3.63, 3.8) is 0 Å². The van der Waals surface area contributed by atoms with Crippen molar-refractivity contribution in [3.05, 3.63) is 77.3 Å². The van der Waals surface area contributed by atoms with Crippen LogP contribution in [0.4, 0.5) is 17.6 Å². The SMILES string of the molecule is CC(C)(C)CC(=O)OC[C@H](c1ccc(Cl)c(-c2ncn(C(F)F)n2)c1)N1C(=O)[C@@](CC(C)(C)C)(c2ccc(-c3cnn(C(F)F)c3)cc2)N=C1N. The fraction of sp³-hybridized carbons (Fsp3) is 0.429. The van der Waals surface area contributed by atoms with Crippen LogP contribution in [-0.4, -0.2) is 53.9 Å². The Morgan fingerprint density at radius 2 is 1.63 bits per heavy atom. The van der Waals surface area contributed by atoms with Gasteiger partial charge in [0.2, 0.25) is 0 Å². The maximum absolute atomic E-state index is 14.9. The van der Waals surface area contributed by atoms with Gasteiger partial charge in [-0.05, 0) is 46.1 Å². The molecule has 2 atom stereocenters. The summed E-state index contributed by atoms with van der Waals surface area (Å²) in [5.41, 5.74) is 6.40. The van der Waals surface area contributed by atoms with Crippen LogP contribution in [0.5, 0.6) is 0 Å². The van der Waals surface area contributed by atoms with Crippen molar-refractivity contribution in [3.8, 4) is 22.5 Å². The second kappa shape index (κ2) is 14.1. The van der Waals surface area contributed by atoms with E-state index >= 15 is 0 Å². The highest BCUT2D eigenvalue weighted by Gasteiger charge is 2.53. The lowest BCUT2D eigenvalue weighted by atomic mass is 9.75. The molecule has 1 amide bonds. The Bertz CT molecular complexity index is 1930. The van der Waals surface area contributed by atoms with Crippen molar-refractivity contribution >= 4 is 29.4 Å². The van der Waals surface area contributed by atoms with Crippen LogP contribution in [0.15, 0.2) is 66.2 Å². The maximum Gasteiger partial charge on any atom is 0.334 e. The average molecular weight is 731 g/mol. The van der Waals surface area contributed by atoms with Crippen molar-refractivity contribution in [2.45, 2.75) is 79.1 Å². The topological polar surface area (TPSA) is 134 Å². The lowest BCUT2D eigenvalue weighted by molar-refractivity contribution is -0.149. The van der Waals surface area contributed by atoms with Gasteiger partial charge in [0.15, 0.2) is 17.3 Å². The smallest absolute Gasteiger partial charge is 0.334 e. The number of hydrogen-bond acceptors (Lipinski definition) is 8. The lowest BCUT2D eigenvalue weighted by Gasteiger charge is -2.35. The molecule has 2 aromatic heterocycles. The molecule has 0 aliphatic carbocycles. The Morgan fingerprint density at radius 1 is 0.961 bits per heavy atom. The van der Waals surface area contributed by atoms with Crippen LogP contribution >= 0.6 is 11.6 Å². The van der Waals surface area contributed by atoms with Crippen molar-refractivity contribution in [2.24, 2.45) is 21.6 Å².